The van der Waals surface area contributed by atoms with Crippen LogP contribution < -0.4 is 0 Å². The number of rotatable bonds is 3. The van der Waals surface area contributed by atoms with E-state index in [0.717, 1.165) is 18.5 Å². The molecule has 1 saturated heterocycles. The number of carbonyl (C=O) groups excluding carboxylic acids is 1. The number of amides is 1. The normalized spacial score (nSPS) is 20.1. The van der Waals surface area contributed by atoms with Crippen LogP contribution in [0.2, 0.25) is 0 Å². The third kappa shape index (κ3) is 2.68. The molecule has 0 aliphatic carbocycles. The minimum absolute atomic E-state index is 0.138. The Labute approximate surface area is 125 Å². The molecule has 2 unspecified atom stereocenters. The molecule has 0 saturated carbocycles. The Morgan fingerprint density at radius 2 is 2.19 bits per heavy atom. The highest BCUT2D eigenvalue weighted by molar-refractivity contribution is 5.86. The highest BCUT2D eigenvalue weighted by Crippen LogP contribution is 2.23. The number of hydrogen-bond donors (Lipinski definition) is 1. The van der Waals surface area contributed by atoms with Gasteiger partial charge in [0, 0.05) is 36.1 Å². The first-order chi connectivity index (χ1) is 10.1. The molecule has 2 aromatic rings. The zero-order chi connectivity index (χ0) is 15.0. The Bertz CT molecular complexity index is 660. The summed E-state index contributed by atoms with van der Waals surface area (Å²) in [6, 6.07) is 8.17. The second-order valence-corrected chi connectivity index (χ2v) is 6.09. The first kappa shape index (κ1) is 14.1. The SMILES string of the molecule is Cc1cn(CC(=O)N2CCC(C(C)O)C2)c2ccccc12. The van der Waals surface area contributed by atoms with Crippen molar-refractivity contribution < 1.29 is 9.90 Å². The van der Waals surface area contributed by atoms with Crippen LogP contribution in [-0.4, -0.2) is 39.7 Å². The standard InChI is InChI=1S/C17H22N2O2/c1-12-9-19(16-6-4-3-5-15(12)16)11-17(21)18-8-7-14(10-18)13(2)20/h3-6,9,13-14,20H,7-8,10-11H2,1-2H3. The van der Waals surface area contributed by atoms with Crippen molar-refractivity contribution in [2.75, 3.05) is 13.1 Å². The number of aromatic nitrogens is 1. The number of aliphatic hydroxyl groups is 1. The zero-order valence-electron chi connectivity index (χ0n) is 12.6. The quantitative estimate of drug-likeness (QED) is 0.940. The average Bonchev–Trinajstić information content (AvgIpc) is 3.06. The largest absolute Gasteiger partial charge is 0.393 e. The van der Waals surface area contributed by atoms with E-state index in [0.29, 0.717) is 13.1 Å². The van der Waals surface area contributed by atoms with Crippen LogP contribution in [0, 0.1) is 12.8 Å². The summed E-state index contributed by atoms with van der Waals surface area (Å²) >= 11 is 0. The topological polar surface area (TPSA) is 45.5 Å². The summed E-state index contributed by atoms with van der Waals surface area (Å²) in [6.07, 6.45) is 2.61. The van der Waals surface area contributed by atoms with Gasteiger partial charge in [-0.3, -0.25) is 4.79 Å². The van der Waals surface area contributed by atoms with Gasteiger partial charge in [0.1, 0.15) is 6.54 Å². The second-order valence-electron chi connectivity index (χ2n) is 6.09. The number of carbonyl (C=O) groups is 1. The Hall–Kier alpha value is -1.81. The lowest BCUT2D eigenvalue weighted by Crippen LogP contribution is -2.33. The van der Waals surface area contributed by atoms with Gasteiger partial charge in [-0.15, -0.1) is 0 Å². The van der Waals surface area contributed by atoms with Crippen LogP contribution in [0.5, 0.6) is 0 Å². The molecule has 1 amide bonds. The van der Waals surface area contributed by atoms with Crippen LogP contribution in [0.4, 0.5) is 0 Å². The molecule has 112 valence electrons. The molecule has 2 atom stereocenters. The third-order valence-corrected chi connectivity index (χ3v) is 4.55. The Morgan fingerprint density at radius 1 is 1.43 bits per heavy atom. The first-order valence-corrected chi connectivity index (χ1v) is 7.56. The van der Waals surface area contributed by atoms with E-state index >= 15 is 0 Å². The van der Waals surface area contributed by atoms with Gasteiger partial charge in [0.05, 0.1) is 6.10 Å². The zero-order valence-corrected chi connectivity index (χ0v) is 12.6. The summed E-state index contributed by atoms with van der Waals surface area (Å²) in [5.41, 5.74) is 2.30. The van der Waals surface area contributed by atoms with Crippen LogP contribution in [0.3, 0.4) is 0 Å². The van der Waals surface area contributed by atoms with Gasteiger partial charge in [0.2, 0.25) is 5.91 Å². The molecule has 4 nitrogen and oxygen atoms in total. The van der Waals surface area contributed by atoms with Gasteiger partial charge in [-0.05, 0) is 31.9 Å². The van der Waals surface area contributed by atoms with E-state index in [1.807, 2.05) is 34.7 Å². The van der Waals surface area contributed by atoms with Crippen molar-refractivity contribution in [2.45, 2.75) is 32.9 Å². The lowest BCUT2D eigenvalue weighted by atomic mass is 10.0. The summed E-state index contributed by atoms with van der Waals surface area (Å²) in [7, 11) is 0. The third-order valence-electron chi connectivity index (χ3n) is 4.55. The van der Waals surface area contributed by atoms with Crippen molar-refractivity contribution in [3.05, 3.63) is 36.0 Å². The number of nitrogens with zero attached hydrogens (tertiary/aromatic N) is 2. The molecule has 1 fully saturated rings. The lowest BCUT2D eigenvalue weighted by Gasteiger charge is -2.18. The van der Waals surface area contributed by atoms with Gasteiger partial charge >= 0.3 is 0 Å². The molecule has 1 aliphatic rings. The minimum Gasteiger partial charge on any atom is -0.393 e. The first-order valence-electron chi connectivity index (χ1n) is 7.56. The maximum atomic E-state index is 12.5. The number of aryl methyl sites for hydroxylation is 1. The van der Waals surface area contributed by atoms with Crippen LogP contribution in [0.15, 0.2) is 30.5 Å². The van der Waals surface area contributed by atoms with Gasteiger partial charge in [-0.1, -0.05) is 18.2 Å². The van der Waals surface area contributed by atoms with Gasteiger partial charge in [0.25, 0.3) is 0 Å². The van der Waals surface area contributed by atoms with E-state index in [1.54, 1.807) is 0 Å². The fraction of sp³-hybridized carbons (Fsp3) is 0.471. The van der Waals surface area contributed by atoms with Crippen molar-refractivity contribution in [2.24, 2.45) is 5.92 Å². The maximum Gasteiger partial charge on any atom is 0.242 e. The van der Waals surface area contributed by atoms with E-state index in [-0.39, 0.29) is 17.9 Å². The molecule has 3 rings (SSSR count). The number of hydrogen-bond acceptors (Lipinski definition) is 2. The fourth-order valence-electron chi connectivity index (χ4n) is 3.21. The fourth-order valence-corrected chi connectivity index (χ4v) is 3.21. The summed E-state index contributed by atoms with van der Waals surface area (Å²) in [5, 5.41) is 10.8. The van der Waals surface area contributed by atoms with Crippen LogP contribution >= 0.6 is 0 Å². The minimum atomic E-state index is -0.336. The predicted octanol–water partition coefficient (Wildman–Crippen LogP) is 2.18. The number of fused-ring (bicyclic) bond motifs is 1. The molecule has 1 aromatic carbocycles. The highest BCUT2D eigenvalue weighted by atomic mass is 16.3. The Morgan fingerprint density at radius 3 is 2.90 bits per heavy atom. The smallest absolute Gasteiger partial charge is 0.242 e. The number of likely N-dealkylation sites (tertiary alicyclic amines) is 1. The van der Waals surface area contributed by atoms with Crippen LogP contribution in [-0.2, 0) is 11.3 Å². The summed E-state index contributed by atoms with van der Waals surface area (Å²) in [5.74, 6) is 0.357. The van der Waals surface area contributed by atoms with E-state index < -0.39 is 0 Å². The highest BCUT2D eigenvalue weighted by Gasteiger charge is 2.29. The molecule has 1 aromatic heterocycles. The predicted molar refractivity (Wildman–Crippen MR) is 83.0 cm³/mol. The van der Waals surface area contributed by atoms with Crippen molar-refractivity contribution in [1.29, 1.82) is 0 Å². The average molecular weight is 286 g/mol. The number of benzene rings is 1. The second kappa shape index (κ2) is 5.53. The Balaban J connectivity index is 1.75. The molecule has 0 spiro atoms. The molecule has 1 aliphatic heterocycles. The molecule has 21 heavy (non-hydrogen) atoms. The van der Waals surface area contributed by atoms with Crippen molar-refractivity contribution in [3.8, 4) is 0 Å². The summed E-state index contributed by atoms with van der Waals surface area (Å²) in [6.45, 7) is 5.69. The van der Waals surface area contributed by atoms with Crippen LogP contribution in [0.1, 0.15) is 18.9 Å². The van der Waals surface area contributed by atoms with Crippen LogP contribution in [0.25, 0.3) is 10.9 Å². The van der Waals surface area contributed by atoms with E-state index in [9.17, 15) is 9.90 Å². The van der Waals surface area contributed by atoms with E-state index in [4.69, 9.17) is 0 Å². The van der Waals surface area contributed by atoms with E-state index in [2.05, 4.69) is 19.1 Å². The number of aliphatic hydroxyl groups excluding tert-OH is 1. The van der Waals surface area contributed by atoms with E-state index in [1.165, 1.54) is 10.9 Å². The summed E-state index contributed by atoms with van der Waals surface area (Å²) < 4.78 is 2.03. The maximum absolute atomic E-state index is 12.5. The molecule has 4 heteroatoms. The molecular formula is C17H22N2O2. The van der Waals surface area contributed by atoms with Gasteiger partial charge in [0.15, 0.2) is 0 Å². The van der Waals surface area contributed by atoms with Crippen molar-refractivity contribution in [1.82, 2.24) is 9.47 Å². The monoisotopic (exact) mass is 286 g/mol. The molecule has 0 radical (unpaired) electrons. The van der Waals surface area contributed by atoms with Gasteiger partial charge in [-0.2, -0.15) is 0 Å². The lowest BCUT2D eigenvalue weighted by molar-refractivity contribution is -0.130. The molecule has 0 bridgehead atoms. The summed E-state index contributed by atoms with van der Waals surface area (Å²) in [4.78, 5) is 14.3. The van der Waals surface area contributed by atoms with Crippen molar-refractivity contribution >= 4 is 16.8 Å². The number of para-hydroxylation sites is 1. The molecule has 1 N–H and O–H groups in total. The Kier molecular flexibility index (Phi) is 3.72. The van der Waals surface area contributed by atoms with Gasteiger partial charge in [-0.25, -0.2) is 0 Å². The molecular weight excluding hydrogens is 264 g/mol. The van der Waals surface area contributed by atoms with Gasteiger partial charge < -0.3 is 14.6 Å². The molecule has 2 heterocycles. The van der Waals surface area contributed by atoms with Crippen molar-refractivity contribution in [3.63, 3.8) is 0 Å².